The third-order valence-corrected chi connectivity index (χ3v) is 4.35. The van der Waals surface area contributed by atoms with E-state index in [2.05, 4.69) is 5.32 Å². The van der Waals surface area contributed by atoms with E-state index in [9.17, 15) is 9.59 Å². The first-order valence-corrected chi connectivity index (χ1v) is 7.12. The SMILES string of the molecule is Cc1ccc(C(=O)NCC2CCC(C(=O)O)CC2)n1C. The summed E-state index contributed by atoms with van der Waals surface area (Å²) in [6.45, 7) is 2.60. The molecule has 0 bridgehead atoms. The molecule has 1 fully saturated rings. The molecule has 20 heavy (non-hydrogen) atoms. The van der Waals surface area contributed by atoms with Crippen LogP contribution in [0.2, 0.25) is 0 Å². The third kappa shape index (κ3) is 3.21. The molecule has 0 radical (unpaired) electrons. The number of carboxylic acid groups (broad SMARTS) is 1. The fourth-order valence-electron chi connectivity index (χ4n) is 2.78. The van der Waals surface area contributed by atoms with E-state index in [1.54, 1.807) is 0 Å². The van der Waals surface area contributed by atoms with E-state index in [0.29, 0.717) is 18.2 Å². The lowest BCUT2D eigenvalue weighted by molar-refractivity contribution is -0.143. The molecule has 0 atom stereocenters. The second-order valence-electron chi connectivity index (χ2n) is 5.68. The van der Waals surface area contributed by atoms with Gasteiger partial charge in [0.05, 0.1) is 5.92 Å². The van der Waals surface area contributed by atoms with Crippen LogP contribution in [-0.4, -0.2) is 28.1 Å². The Bertz CT molecular complexity index is 499. The van der Waals surface area contributed by atoms with Gasteiger partial charge in [-0.05, 0) is 50.7 Å². The van der Waals surface area contributed by atoms with E-state index in [1.165, 1.54) is 0 Å². The zero-order chi connectivity index (χ0) is 14.7. The maximum atomic E-state index is 12.1. The lowest BCUT2D eigenvalue weighted by Crippen LogP contribution is -2.33. The molecule has 1 saturated carbocycles. The minimum Gasteiger partial charge on any atom is -0.481 e. The van der Waals surface area contributed by atoms with Crippen LogP contribution in [0.15, 0.2) is 12.1 Å². The minimum atomic E-state index is -0.688. The van der Waals surface area contributed by atoms with Crippen LogP contribution in [0, 0.1) is 18.8 Å². The molecular weight excluding hydrogens is 256 g/mol. The second-order valence-corrected chi connectivity index (χ2v) is 5.68. The van der Waals surface area contributed by atoms with E-state index < -0.39 is 5.97 Å². The summed E-state index contributed by atoms with van der Waals surface area (Å²) in [5.74, 6) is -0.541. The van der Waals surface area contributed by atoms with Crippen LogP contribution in [0.25, 0.3) is 0 Å². The molecular formula is C15H22N2O3. The van der Waals surface area contributed by atoms with Crippen molar-refractivity contribution in [2.75, 3.05) is 6.54 Å². The maximum absolute atomic E-state index is 12.1. The Hall–Kier alpha value is -1.78. The summed E-state index contributed by atoms with van der Waals surface area (Å²) in [6.07, 6.45) is 3.20. The first-order valence-electron chi connectivity index (χ1n) is 7.12. The Morgan fingerprint density at radius 1 is 1.30 bits per heavy atom. The number of carbonyl (C=O) groups excluding carboxylic acids is 1. The number of hydrogen-bond donors (Lipinski definition) is 2. The van der Waals surface area contributed by atoms with Gasteiger partial charge in [-0.2, -0.15) is 0 Å². The molecule has 0 unspecified atom stereocenters. The van der Waals surface area contributed by atoms with Gasteiger partial charge in [-0.25, -0.2) is 0 Å². The number of nitrogens with zero attached hydrogens (tertiary/aromatic N) is 1. The Labute approximate surface area is 119 Å². The van der Waals surface area contributed by atoms with Crippen LogP contribution >= 0.6 is 0 Å². The van der Waals surface area contributed by atoms with Crippen molar-refractivity contribution >= 4 is 11.9 Å². The Morgan fingerprint density at radius 3 is 2.45 bits per heavy atom. The van der Waals surface area contributed by atoms with Crippen LogP contribution in [0.3, 0.4) is 0 Å². The number of nitrogens with one attached hydrogen (secondary N) is 1. The lowest BCUT2D eigenvalue weighted by atomic mass is 9.82. The van der Waals surface area contributed by atoms with Crippen LogP contribution in [0.4, 0.5) is 0 Å². The number of aliphatic carboxylic acids is 1. The molecule has 110 valence electrons. The van der Waals surface area contributed by atoms with E-state index in [-0.39, 0.29) is 11.8 Å². The quantitative estimate of drug-likeness (QED) is 0.884. The van der Waals surface area contributed by atoms with E-state index in [0.717, 1.165) is 31.4 Å². The average Bonchev–Trinajstić information content (AvgIpc) is 2.77. The highest BCUT2D eigenvalue weighted by atomic mass is 16.4. The van der Waals surface area contributed by atoms with Gasteiger partial charge < -0.3 is 15.0 Å². The monoisotopic (exact) mass is 278 g/mol. The molecule has 1 aliphatic carbocycles. The molecule has 2 N–H and O–H groups in total. The number of rotatable bonds is 4. The van der Waals surface area contributed by atoms with Crippen molar-refractivity contribution in [2.45, 2.75) is 32.6 Å². The van der Waals surface area contributed by atoms with Gasteiger partial charge in [-0.1, -0.05) is 0 Å². The number of hydrogen-bond acceptors (Lipinski definition) is 2. The molecule has 1 heterocycles. The molecule has 1 aromatic heterocycles. The highest BCUT2D eigenvalue weighted by Crippen LogP contribution is 2.28. The van der Waals surface area contributed by atoms with Gasteiger partial charge in [-0.15, -0.1) is 0 Å². The largest absolute Gasteiger partial charge is 0.481 e. The van der Waals surface area contributed by atoms with E-state index >= 15 is 0 Å². The summed E-state index contributed by atoms with van der Waals surface area (Å²) in [6, 6.07) is 3.75. The van der Waals surface area contributed by atoms with Crippen molar-refractivity contribution in [1.29, 1.82) is 0 Å². The predicted molar refractivity (Wildman–Crippen MR) is 75.6 cm³/mol. The van der Waals surface area contributed by atoms with Crippen molar-refractivity contribution in [3.8, 4) is 0 Å². The van der Waals surface area contributed by atoms with Crippen LogP contribution in [0.1, 0.15) is 41.9 Å². The summed E-state index contributed by atoms with van der Waals surface area (Å²) in [5, 5.41) is 11.9. The molecule has 2 rings (SSSR count). The highest BCUT2D eigenvalue weighted by molar-refractivity contribution is 5.92. The second kappa shape index (κ2) is 6.11. The van der Waals surface area contributed by atoms with Gasteiger partial charge in [0.25, 0.3) is 5.91 Å². The number of aryl methyl sites for hydroxylation is 1. The molecule has 0 spiro atoms. The lowest BCUT2D eigenvalue weighted by Gasteiger charge is -2.26. The minimum absolute atomic E-state index is 0.0547. The Kier molecular flexibility index (Phi) is 4.47. The summed E-state index contributed by atoms with van der Waals surface area (Å²) < 4.78 is 1.87. The van der Waals surface area contributed by atoms with E-state index in [4.69, 9.17) is 5.11 Å². The Morgan fingerprint density at radius 2 is 1.95 bits per heavy atom. The zero-order valence-electron chi connectivity index (χ0n) is 12.1. The van der Waals surface area contributed by atoms with Gasteiger partial charge in [-0.3, -0.25) is 9.59 Å². The molecule has 0 saturated heterocycles. The van der Waals surface area contributed by atoms with Crippen LogP contribution in [0.5, 0.6) is 0 Å². The Balaban J connectivity index is 1.80. The van der Waals surface area contributed by atoms with Crippen LogP contribution < -0.4 is 5.32 Å². The summed E-state index contributed by atoms with van der Waals surface area (Å²) >= 11 is 0. The third-order valence-electron chi connectivity index (χ3n) is 4.35. The summed E-state index contributed by atoms with van der Waals surface area (Å²) in [4.78, 5) is 22.9. The highest BCUT2D eigenvalue weighted by Gasteiger charge is 2.26. The molecule has 1 aliphatic rings. The molecule has 5 heteroatoms. The van der Waals surface area contributed by atoms with Crippen LogP contribution in [-0.2, 0) is 11.8 Å². The zero-order valence-corrected chi connectivity index (χ0v) is 12.1. The normalized spacial score (nSPS) is 22.5. The number of carbonyl (C=O) groups is 2. The van der Waals surface area contributed by atoms with Gasteiger partial charge in [0, 0.05) is 19.3 Å². The van der Waals surface area contributed by atoms with Crippen molar-refractivity contribution < 1.29 is 14.7 Å². The smallest absolute Gasteiger partial charge is 0.306 e. The van der Waals surface area contributed by atoms with Crippen molar-refractivity contribution in [2.24, 2.45) is 18.9 Å². The van der Waals surface area contributed by atoms with E-state index in [1.807, 2.05) is 30.7 Å². The molecule has 5 nitrogen and oxygen atoms in total. The first kappa shape index (κ1) is 14.6. The number of amides is 1. The van der Waals surface area contributed by atoms with Gasteiger partial charge in [0.2, 0.25) is 0 Å². The summed E-state index contributed by atoms with van der Waals surface area (Å²) in [5.41, 5.74) is 1.72. The molecule has 0 aromatic carbocycles. The van der Waals surface area contributed by atoms with Crippen molar-refractivity contribution in [3.05, 3.63) is 23.5 Å². The number of carboxylic acids is 1. The molecule has 1 aromatic rings. The number of aromatic nitrogens is 1. The maximum Gasteiger partial charge on any atom is 0.306 e. The fraction of sp³-hybridized carbons (Fsp3) is 0.600. The fourth-order valence-corrected chi connectivity index (χ4v) is 2.78. The van der Waals surface area contributed by atoms with Crippen molar-refractivity contribution in [3.63, 3.8) is 0 Å². The first-order chi connectivity index (χ1) is 9.49. The van der Waals surface area contributed by atoms with Gasteiger partial charge in [0.1, 0.15) is 5.69 Å². The average molecular weight is 278 g/mol. The topological polar surface area (TPSA) is 71.3 Å². The predicted octanol–water partition coefficient (Wildman–Crippen LogP) is 1.95. The van der Waals surface area contributed by atoms with Gasteiger partial charge in [0.15, 0.2) is 0 Å². The van der Waals surface area contributed by atoms with Gasteiger partial charge >= 0.3 is 5.97 Å². The van der Waals surface area contributed by atoms with Crippen molar-refractivity contribution in [1.82, 2.24) is 9.88 Å². The summed E-state index contributed by atoms with van der Waals surface area (Å²) in [7, 11) is 1.88. The standard InChI is InChI=1S/C15H22N2O3/c1-10-3-8-13(17(10)2)14(18)16-9-11-4-6-12(7-5-11)15(19)20/h3,8,11-12H,4-7,9H2,1-2H3,(H,16,18)(H,19,20). The molecule has 0 aliphatic heterocycles. The molecule has 1 amide bonds.